The largest absolute Gasteiger partial charge is 0.397 e. The fourth-order valence-electron chi connectivity index (χ4n) is 1.79. The van der Waals surface area contributed by atoms with Gasteiger partial charge in [0.2, 0.25) is 0 Å². The van der Waals surface area contributed by atoms with Gasteiger partial charge in [0, 0.05) is 25.7 Å². The number of nitrogens with one attached hydrogen (secondary N) is 1. The lowest BCUT2D eigenvalue weighted by Gasteiger charge is -2.21. The zero-order valence-electron chi connectivity index (χ0n) is 11.5. The molecule has 0 aromatic heterocycles. The average Bonchev–Trinajstić information content (AvgIpc) is 2.36. The Balaban J connectivity index is 2.90. The molecule has 0 unspecified atom stereocenters. The molecule has 0 aliphatic heterocycles. The van der Waals surface area contributed by atoms with E-state index in [1.54, 1.807) is 12.1 Å². The minimum Gasteiger partial charge on any atom is -0.397 e. The topological polar surface area (TPSA) is 58.4 Å². The van der Waals surface area contributed by atoms with Gasteiger partial charge in [0.25, 0.3) is 5.91 Å². The lowest BCUT2D eigenvalue weighted by Crippen LogP contribution is -2.24. The molecule has 1 amide bonds. The zero-order chi connectivity index (χ0) is 13.5. The molecule has 3 N–H and O–H groups in total. The Labute approximate surface area is 109 Å². The van der Waals surface area contributed by atoms with Crippen LogP contribution < -0.4 is 16.0 Å². The van der Waals surface area contributed by atoms with E-state index >= 15 is 0 Å². The lowest BCUT2D eigenvalue weighted by molar-refractivity contribution is 0.0956. The normalized spacial score (nSPS) is 10.2. The first-order valence-corrected chi connectivity index (χ1v) is 6.49. The smallest absolute Gasteiger partial charge is 0.251 e. The predicted molar refractivity (Wildman–Crippen MR) is 77.0 cm³/mol. The number of hydrogen-bond donors (Lipinski definition) is 2. The molecule has 0 fully saturated rings. The van der Waals surface area contributed by atoms with Gasteiger partial charge in [0.15, 0.2) is 0 Å². The number of anilines is 2. The van der Waals surface area contributed by atoms with Crippen LogP contribution in [0.3, 0.4) is 0 Å². The number of nitrogen functional groups attached to an aromatic ring is 1. The minimum atomic E-state index is -0.0531. The van der Waals surface area contributed by atoms with Crippen LogP contribution in [0.2, 0.25) is 0 Å². The van der Waals surface area contributed by atoms with Gasteiger partial charge in [-0.05, 0) is 31.5 Å². The van der Waals surface area contributed by atoms with Crippen LogP contribution >= 0.6 is 0 Å². The predicted octanol–water partition coefficient (Wildman–Crippen LogP) is 2.25. The Morgan fingerprint density at radius 3 is 2.72 bits per heavy atom. The summed E-state index contributed by atoms with van der Waals surface area (Å²) in [7, 11) is 2.00. The van der Waals surface area contributed by atoms with Crippen LogP contribution in [0.15, 0.2) is 18.2 Å². The van der Waals surface area contributed by atoms with Crippen molar-refractivity contribution in [2.45, 2.75) is 26.7 Å². The molecule has 0 heterocycles. The highest BCUT2D eigenvalue weighted by Crippen LogP contribution is 2.23. The maximum atomic E-state index is 11.8. The van der Waals surface area contributed by atoms with Crippen molar-refractivity contribution in [1.29, 1.82) is 0 Å². The molecule has 0 spiro atoms. The number of rotatable bonds is 6. The first-order chi connectivity index (χ1) is 8.60. The Kier molecular flexibility index (Phi) is 5.49. The number of hydrogen-bond acceptors (Lipinski definition) is 3. The van der Waals surface area contributed by atoms with Gasteiger partial charge >= 0.3 is 0 Å². The van der Waals surface area contributed by atoms with Crippen molar-refractivity contribution in [3.05, 3.63) is 23.8 Å². The lowest BCUT2D eigenvalue weighted by atomic mass is 10.1. The van der Waals surface area contributed by atoms with Crippen LogP contribution in [0.25, 0.3) is 0 Å². The van der Waals surface area contributed by atoms with Crippen molar-refractivity contribution < 1.29 is 4.79 Å². The molecule has 0 saturated heterocycles. The highest BCUT2D eigenvalue weighted by Gasteiger charge is 2.10. The van der Waals surface area contributed by atoms with Gasteiger partial charge in [0.05, 0.1) is 11.4 Å². The molecule has 0 saturated carbocycles. The highest BCUT2D eigenvalue weighted by atomic mass is 16.1. The molecule has 0 radical (unpaired) electrons. The molecule has 1 aromatic carbocycles. The summed E-state index contributed by atoms with van der Waals surface area (Å²) in [6, 6.07) is 5.41. The van der Waals surface area contributed by atoms with Crippen LogP contribution in [-0.4, -0.2) is 26.0 Å². The monoisotopic (exact) mass is 249 g/mol. The van der Waals surface area contributed by atoms with Gasteiger partial charge in [-0.2, -0.15) is 0 Å². The second kappa shape index (κ2) is 6.89. The third-order valence-corrected chi connectivity index (χ3v) is 2.89. The summed E-state index contributed by atoms with van der Waals surface area (Å²) in [4.78, 5) is 13.9. The first kappa shape index (κ1) is 14.4. The summed E-state index contributed by atoms with van der Waals surface area (Å²) in [5.74, 6) is -0.0531. The van der Waals surface area contributed by atoms with Crippen molar-refractivity contribution in [3.8, 4) is 0 Å². The highest BCUT2D eigenvalue weighted by molar-refractivity contribution is 5.96. The fourth-order valence-corrected chi connectivity index (χ4v) is 1.79. The molecule has 4 heteroatoms. The van der Waals surface area contributed by atoms with Gasteiger partial charge in [0.1, 0.15) is 0 Å². The van der Waals surface area contributed by atoms with Gasteiger partial charge < -0.3 is 16.0 Å². The summed E-state index contributed by atoms with van der Waals surface area (Å²) in [6.45, 7) is 5.63. The second-order valence-corrected chi connectivity index (χ2v) is 4.41. The summed E-state index contributed by atoms with van der Waals surface area (Å²) in [5, 5.41) is 2.79. The molecular weight excluding hydrogens is 226 g/mol. The minimum absolute atomic E-state index is 0.0531. The first-order valence-electron chi connectivity index (χ1n) is 6.49. The van der Waals surface area contributed by atoms with Gasteiger partial charge in [-0.15, -0.1) is 0 Å². The van der Waals surface area contributed by atoms with Crippen molar-refractivity contribution in [1.82, 2.24) is 5.32 Å². The van der Waals surface area contributed by atoms with E-state index in [9.17, 15) is 4.79 Å². The second-order valence-electron chi connectivity index (χ2n) is 4.41. The SMILES string of the molecule is CCCCN(C)c1cc(C(=O)NCC)ccc1N. The van der Waals surface area contributed by atoms with E-state index in [1.165, 1.54) is 0 Å². The third-order valence-electron chi connectivity index (χ3n) is 2.89. The van der Waals surface area contributed by atoms with Crippen molar-refractivity contribution in [3.63, 3.8) is 0 Å². The maximum Gasteiger partial charge on any atom is 0.251 e. The zero-order valence-corrected chi connectivity index (χ0v) is 11.5. The van der Waals surface area contributed by atoms with E-state index in [1.807, 2.05) is 20.0 Å². The van der Waals surface area contributed by atoms with Crippen molar-refractivity contribution in [2.75, 3.05) is 30.8 Å². The summed E-state index contributed by atoms with van der Waals surface area (Å²) in [5.41, 5.74) is 8.25. The van der Waals surface area contributed by atoms with Gasteiger partial charge in [-0.1, -0.05) is 13.3 Å². The van der Waals surface area contributed by atoms with Crippen LogP contribution in [0.1, 0.15) is 37.0 Å². The van der Waals surface area contributed by atoms with Crippen LogP contribution in [0, 0.1) is 0 Å². The van der Waals surface area contributed by atoms with Crippen LogP contribution in [0.4, 0.5) is 11.4 Å². The molecule has 1 rings (SSSR count). The van der Waals surface area contributed by atoms with Crippen LogP contribution in [-0.2, 0) is 0 Å². The molecule has 18 heavy (non-hydrogen) atoms. The summed E-state index contributed by atoms with van der Waals surface area (Å²) >= 11 is 0. The van der Waals surface area contributed by atoms with E-state index in [2.05, 4.69) is 17.1 Å². The molecule has 1 aromatic rings. The van der Waals surface area contributed by atoms with E-state index in [4.69, 9.17) is 5.73 Å². The van der Waals surface area contributed by atoms with E-state index in [0.29, 0.717) is 17.8 Å². The number of nitrogens with zero attached hydrogens (tertiary/aromatic N) is 1. The van der Waals surface area contributed by atoms with Gasteiger partial charge in [-0.25, -0.2) is 0 Å². The Hall–Kier alpha value is -1.71. The van der Waals surface area contributed by atoms with E-state index in [-0.39, 0.29) is 5.91 Å². The summed E-state index contributed by atoms with van der Waals surface area (Å²) < 4.78 is 0. The molecule has 0 aliphatic rings. The number of benzene rings is 1. The summed E-state index contributed by atoms with van der Waals surface area (Å²) in [6.07, 6.45) is 2.25. The molecule has 0 aliphatic carbocycles. The van der Waals surface area contributed by atoms with Crippen LogP contribution in [0.5, 0.6) is 0 Å². The number of carbonyl (C=O) groups excluding carboxylic acids is 1. The fraction of sp³-hybridized carbons (Fsp3) is 0.500. The standard InChI is InChI=1S/C14H23N3O/c1-4-6-9-17(3)13-10-11(7-8-12(13)15)14(18)16-5-2/h7-8,10H,4-6,9,15H2,1-3H3,(H,16,18). The average molecular weight is 249 g/mol. The molecule has 0 bridgehead atoms. The number of amides is 1. The van der Waals surface area contributed by atoms with E-state index in [0.717, 1.165) is 25.1 Å². The Morgan fingerprint density at radius 1 is 1.39 bits per heavy atom. The Morgan fingerprint density at radius 2 is 2.11 bits per heavy atom. The number of carbonyl (C=O) groups is 1. The van der Waals surface area contributed by atoms with E-state index < -0.39 is 0 Å². The number of nitrogens with two attached hydrogens (primary N) is 1. The molecule has 0 atom stereocenters. The van der Waals surface area contributed by atoms with Crippen molar-refractivity contribution in [2.24, 2.45) is 0 Å². The van der Waals surface area contributed by atoms with Gasteiger partial charge in [-0.3, -0.25) is 4.79 Å². The third kappa shape index (κ3) is 3.65. The number of unbranched alkanes of at least 4 members (excludes halogenated alkanes) is 1. The molecule has 4 nitrogen and oxygen atoms in total. The van der Waals surface area contributed by atoms with Crippen molar-refractivity contribution >= 4 is 17.3 Å². The quantitative estimate of drug-likeness (QED) is 0.760. The maximum absolute atomic E-state index is 11.8. The Bertz CT molecular complexity index is 404. The molecular formula is C14H23N3O. The molecule has 100 valence electrons.